The second-order valence-electron chi connectivity index (χ2n) is 1.23. The van der Waals surface area contributed by atoms with Crippen LogP contribution in [0.4, 0.5) is 0 Å². The van der Waals surface area contributed by atoms with Crippen LogP contribution in [0, 0.1) is 16.2 Å². The van der Waals surface area contributed by atoms with Crippen LogP contribution in [-0.2, 0) is 0 Å². The molecule has 0 radical (unpaired) electrons. The van der Waals surface area contributed by atoms with E-state index in [0.29, 0.717) is 0 Å². The highest BCUT2D eigenvalue weighted by Crippen LogP contribution is 1.67. The van der Waals surface area contributed by atoms with Gasteiger partial charge in [-0.25, -0.2) is 0 Å². The van der Waals surface area contributed by atoms with Crippen molar-refractivity contribution < 1.29 is 0 Å². The molecule has 4 N–H and O–H groups in total. The summed E-state index contributed by atoms with van der Waals surface area (Å²) in [6.45, 7) is 0. The van der Waals surface area contributed by atoms with Gasteiger partial charge in [0.15, 0.2) is 0 Å². The molecule has 4 nitrogen and oxygen atoms in total. The maximum atomic E-state index is 6.94. The third kappa shape index (κ3) is 4.40. The lowest BCUT2D eigenvalue weighted by Gasteiger charge is -1.90. The summed E-state index contributed by atoms with van der Waals surface area (Å²) in [5, 5.41) is 22.3. The van der Waals surface area contributed by atoms with Gasteiger partial charge in [0.2, 0.25) is 0 Å². The van der Waals surface area contributed by atoms with E-state index in [1.54, 1.807) is 0 Å². The molecule has 0 amide bonds. The minimum Gasteiger partial charge on any atom is -0.332 e. The molecule has 0 aliphatic carbocycles. The van der Waals surface area contributed by atoms with Crippen LogP contribution in [0.25, 0.3) is 0 Å². The van der Waals surface area contributed by atoms with Gasteiger partial charge in [-0.1, -0.05) is 0 Å². The first-order valence-electron chi connectivity index (χ1n) is 2.32. The van der Waals surface area contributed by atoms with Crippen LogP contribution in [0.5, 0.6) is 0 Å². The first-order chi connectivity index (χ1) is 4.31. The van der Waals surface area contributed by atoms with Gasteiger partial charge in [0.25, 0.3) is 0 Å². The molecule has 0 aliphatic heterocycles. The van der Waals surface area contributed by atoms with Gasteiger partial charge in [0.1, 0.15) is 5.84 Å². The Kier molecular flexibility index (Phi) is 3.95. The van der Waals surface area contributed by atoms with Crippen molar-refractivity contribution in [2.45, 2.75) is 0 Å². The molecule has 4 heteroatoms. The van der Waals surface area contributed by atoms with E-state index in [1.807, 2.05) is 0 Å². The van der Waals surface area contributed by atoms with Crippen molar-refractivity contribution in [3.8, 4) is 0 Å². The Hall–Kier alpha value is -1.45. The van der Waals surface area contributed by atoms with Gasteiger partial charge in [0.05, 0.1) is 6.34 Å². The van der Waals surface area contributed by atoms with Gasteiger partial charge >= 0.3 is 0 Å². The Morgan fingerprint density at radius 3 is 2.44 bits per heavy atom. The number of nitrogens with one attached hydrogen (secondary N) is 4. The van der Waals surface area contributed by atoms with E-state index in [9.17, 15) is 0 Å². The normalized spacial score (nSPS) is 8.89. The fraction of sp³-hybridized carbons (Fsp3) is 0. The summed E-state index contributed by atoms with van der Waals surface area (Å²) in [5.41, 5.74) is 0. The number of hydrogen-bond donors (Lipinski definition) is 4. The summed E-state index contributed by atoms with van der Waals surface area (Å²) >= 11 is 0. The predicted octanol–water partition coefficient (Wildman–Crippen LogP) is 0.366. The van der Waals surface area contributed by atoms with Crippen molar-refractivity contribution in [2.24, 2.45) is 0 Å². The zero-order chi connectivity index (χ0) is 7.11. The standard InChI is InChI=1S/C5H8N4/c6-3-1-2-5(8)9-4-7/h1-4,6H,(H3,7,8,9)/b2-1-,6-3?. The molecule has 0 spiro atoms. The van der Waals surface area contributed by atoms with Crippen molar-refractivity contribution >= 4 is 18.4 Å². The minimum absolute atomic E-state index is 0.105. The molecule has 0 heterocycles. The highest BCUT2D eigenvalue weighted by molar-refractivity contribution is 5.99. The average Bonchev–Trinajstić information content (AvgIpc) is 1.85. The Morgan fingerprint density at radius 1 is 1.33 bits per heavy atom. The van der Waals surface area contributed by atoms with Crippen molar-refractivity contribution in [3.63, 3.8) is 0 Å². The van der Waals surface area contributed by atoms with Crippen molar-refractivity contribution in [1.82, 2.24) is 5.32 Å². The summed E-state index contributed by atoms with van der Waals surface area (Å²) in [6, 6.07) is 0. The third-order valence-electron chi connectivity index (χ3n) is 0.587. The Bertz CT molecular complexity index is 147. The summed E-state index contributed by atoms with van der Waals surface area (Å²) in [7, 11) is 0. The van der Waals surface area contributed by atoms with Crippen LogP contribution in [0.2, 0.25) is 0 Å². The molecule has 0 aromatic heterocycles. The first kappa shape index (κ1) is 7.55. The topological polar surface area (TPSA) is 83.6 Å². The molecular formula is C5H8N4. The van der Waals surface area contributed by atoms with Crippen LogP contribution in [0.3, 0.4) is 0 Å². The van der Waals surface area contributed by atoms with Crippen LogP contribution in [-0.4, -0.2) is 18.4 Å². The fourth-order valence-electron chi connectivity index (χ4n) is 0.270. The molecule has 0 unspecified atom stereocenters. The van der Waals surface area contributed by atoms with E-state index in [4.69, 9.17) is 16.2 Å². The lowest BCUT2D eigenvalue weighted by Crippen LogP contribution is -2.16. The summed E-state index contributed by atoms with van der Waals surface area (Å²) in [6.07, 6.45) is 4.77. The molecule has 0 saturated heterocycles. The number of amidine groups is 1. The molecular weight excluding hydrogens is 116 g/mol. The van der Waals surface area contributed by atoms with Gasteiger partial charge < -0.3 is 10.7 Å². The van der Waals surface area contributed by atoms with Gasteiger partial charge in [0, 0.05) is 6.21 Å². The van der Waals surface area contributed by atoms with Gasteiger partial charge in [-0.05, 0) is 12.2 Å². The fourth-order valence-corrected chi connectivity index (χ4v) is 0.270. The summed E-state index contributed by atoms with van der Waals surface area (Å²) in [5.74, 6) is 0.105. The highest BCUT2D eigenvalue weighted by atomic mass is 14.9. The monoisotopic (exact) mass is 124 g/mol. The van der Waals surface area contributed by atoms with Crippen LogP contribution in [0.15, 0.2) is 12.2 Å². The highest BCUT2D eigenvalue weighted by Gasteiger charge is 1.79. The molecule has 0 bridgehead atoms. The number of hydrogen-bond acceptors (Lipinski definition) is 3. The van der Waals surface area contributed by atoms with Crippen molar-refractivity contribution in [1.29, 1.82) is 16.2 Å². The largest absolute Gasteiger partial charge is 0.332 e. The quantitative estimate of drug-likeness (QED) is 0.318. The van der Waals surface area contributed by atoms with E-state index in [2.05, 4.69) is 5.32 Å². The number of allylic oxidation sites excluding steroid dienone is 1. The minimum atomic E-state index is 0.105. The molecule has 0 atom stereocenters. The Labute approximate surface area is 53.1 Å². The molecule has 0 saturated carbocycles. The predicted molar refractivity (Wildman–Crippen MR) is 37.6 cm³/mol. The summed E-state index contributed by atoms with van der Waals surface area (Å²) in [4.78, 5) is 0. The third-order valence-corrected chi connectivity index (χ3v) is 0.587. The van der Waals surface area contributed by atoms with Crippen LogP contribution >= 0.6 is 0 Å². The zero-order valence-electron chi connectivity index (χ0n) is 4.81. The molecule has 0 aliphatic rings. The molecule has 0 aromatic carbocycles. The Morgan fingerprint density at radius 2 is 2.00 bits per heavy atom. The van der Waals surface area contributed by atoms with Crippen molar-refractivity contribution in [3.05, 3.63) is 12.2 Å². The molecule has 9 heavy (non-hydrogen) atoms. The van der Waals surface area contributed by atoms with E-state index in [1.165, 1.54) is 12.2 Å². The second kappa shape index (κ2) is 4.70. The number of rotatable bonds is 3. The van der Waals surface area contributed by atoms with Crippen LogP contribution < -0.4 is 5.32 Å². The lowest BCUT2D eigenvalue weighted by molar-refractivity contribution is 1.31. The smallest absolute Gasteiger partial charge is 0.123 e. The SMILES string of the molecule is N=C/C=C\C(=N)NC=N. The van der Waals surface area contributed by atoms with Crippen LogP contribution in [0.1, 0.15) is 0 Å². The summed E-state index contributed by atoms with van der Waals surface area (Å²) < 4.78 is 0. The Balaban J connectivity index is 3.61. The average molecular weight is 124 g/mol. The molecule has 0 fully saturated rings. The molecule has 48 valence electrons. The van der Waals surface area contributed by atoms with E-state index >= 15 is 0 Å². The molecule has 0 aromatic rings. The van der Waals surface area contributed by atoms with E-state index in [-0.39, 0.29) is 5.84 Å². The maximum Gasteiger partial charge on any atom is 0.123 e. The van der Waals surface area contributed by atoms with E-state index < -0.39 is 0 Å². The second-order valence-corrected chi connectivity index (χ2v) is 1.23. The molecule has 0 rings (SSSR count). The van der Waals surface area contributed by atoms with E-state index in [0.717, 1.165) is 12.6 Å². The van der Waals surface area contributed by atoms with Crippen molar-refractivity contribution in [2.75, 3.05) is 0 Å². The first-order valence-corrected chi connectivity index (χ1v) is 2.32. The zero-order valence-corrected chi connectivity index (χ0v) is 4.81. The van der Waals surface area contributed by atoms with Gasteiger partial charge in [-0.3, -0.25) is 10.8 Å². The van der Waals surface area contributed by atoms with Gasteiger partial charge in [-0.2, -0.15) is 0 Å². The maximum absolute atomic E-state index is 6.94. The lowest BCUT2D eigenvalue weighted by atomic mass is 10.5. The van der Waals surface area contributed by atoms with Gasteiger partial charge in [-0.15, -0.1) is 0 Å².